The molecule has 1 N–H and O–H groups in total. The number of thioether (sulfide) groups is 1. The van der Waals surface area contributed by atoms with Crippen LogP contribution in [0, 0.1) is 0 Å². The summed E-state index contributed by atoms with van der Waals surface area (Å²) >= 11 is 1.26. The number of rotatable bonds is 6. The highest BCUT2D eigenvalue weighted by Gasteiger charge is 2.49. The maximum absolute atomic E-state index is 10.5. The van der Waals surface area contributed by atoms with Crippen molar-refractivity contribution >= 4 is 17.7 Å². The fraction of sp³-hybridized carbons (Fsp3) is 0.357. The minimum absolute atomic E-state index is 0.0432. The number of nitrogens with zero attached hydrogens (tertiary/aromatic N) is 2. The van der Waals surface area contributed by atoms with E-state index in [1.807, 2.05) is 18.2 Å². The topological polar surface area (TPSA) is 76.2 Å². The molecule has 0 radical (unpaired) electrons. The molecular formula is C14H14N2O3S. The molecule has 0 aliphatic heterocycles. The summed E-state index contributed by atoms with van der Waals surface area (Å²) in [6, 6.07) is 10.2. The zero-order chi connectivity index (χ0) is 14.0. The van der Waals surface area contributed by atoms with Crippen molar-refractivity contribution in [2.75, 3.05) is 5.75 Å². The molecule has 5 nitrogen and oxygen atoms in total. The van der Waals surface area contributed by atoms with Crippen molar-refractivity contribution in [3.05, 3.63) is 47.6 Å². The van der Waals surface area contributed by atoms with Crippen molar-refractivity contribution in [2.45, 2.75) is 24.0 Å². The molecule has 1 fully saturated rings. The van der Waals surface area contributed by atoms with Crippen LogP contribution in [0.4, 0.5) is 0 Å². The van der Waals surface area contributed by atoms with Crippen LogP contribution in [-0.4, -0.2) is 27.0 Å². The van der Waals surface area contributed by atoms with Crippen LogP contribution in [0.2, 0.25) is 0 Å². The smallest absolute Gasteiger partial charge is 0.313 e. The van der Waals surface area contributed by atoms with Crippen LogP contribution in [0.5, 0.6) is 0 Å². The average Bonchev–Trinajstić information content (AvgIpc) is 3.13. The second-order valence-corrected chi connectivity index (χ2v) is 5.83. The first-order valence-electron chi connectivity index (χ1n) is 6.39. The molecule has 0 bridgehead atoms. The Labute approximate surface area is 120 Å². The molecule has 0 unspecified atom stereocenters. The zero-order valence-electron chi connectivity index (χ0n) is 10.8. The molecule has 6 heteroatoms. The maximum atomic E-state index is 10.5. The van der Waals surface area contributed by atoms with Crippen molar-refractivity contribution in [3.8, 4) is 0 Å². The molecule has 1 aromatic heterocycles. The Bertz CT molecular complexity index is 608. The summed E-state index contributed by atoms with van der Waals surface area (Å²) in [4.78, 5) is 14.9. The first-order valence-corrected chi connectivity index (χ1v) is 7.54. The zero-order valence-corrected chi connectivity index (χ0v) is 11.6. The Morgan fingerprint density at radius 3 is 2.75 bits per heavy atom. The van der Waals surface area contributed by atoms with E-state index in [1.165, 1.54) is 17.3 Å². The van der Waals surface area contributed by atoms with Gasteiger partial charge in [0.1, 0.15) is 0 Å². The number of aliphatic carboxylic acids is 1. The van der Waals surface area contributed by atoms with Gasteiger partial charge in [-0.25, -0.2) is 0 Å². The first kappa shape index (κ1) is 13.2. The number of hydrogen-bond donors (Lipinski definition) is 1. The van der Waals surface area contributed by atoms with E-state index in [0.29, 0.717) is 11.6 Å². The Balaban J connectivity index is 1.72. The SMILES string of the molecule is O=C(O)CSCc1nc(C2(c3ccccc3)CC2)no1. The highest BCUT2D eigenvalue weighted by molar-refractivity contribution is 7.99. The lowest BCUT2D eigenvalue weighted by Crippen LogP contribution is -2.10. The molecular weight excluding hydrogens is 276 g/mol. The summed E-state index contributed by atoms with van der Waals surface area (Å²) in [7, 11) is 0. The average molecular weight is 290 g/mol. The van der Waals surface area contributed by atoms with Gasteiger partial charge in [0.05, 0.1) is 16.9 Å². The van der Waals surface area contributed by atoms with Gasteiger partial charge in [-0.3, -0.25) is 4.79 Å². The quantitative estimate of drug-likeness (QED) is 0.880. The van der Waals surface area contributed by atoms with E-state index < -0.39 is 5.97 Å². The minimum Gasteiger partial charge on any atom is -0.481 e. The lowest BCUT2D eigenvalue weighted by molar-refractivity contribution is -0.133. The van der Waals surface area contributed by atoms with Crippen LogP contribution in [0.1, 0.15) is 30.1 Å². The van der Waals surface area contributed by atoms with Crippen LogP contribution in [0.3, 0.4) is 0 Å². The van der Waals surface area contributed by atoms with Crippen molar-refractivity contribution in [1.29, 1.82) is 0 Å². The molecule has 104 valence electrons. The molecule has 1 aliphatic carbocycles. The first-order chi connectivity index (χ1) is 9.71. The van der Waals surface area contributed by atoms with Crippen molar-refractivity contribution in [3.63, 3.8) is 0 Å². The van der Waals surface area contributed by atoms with Gasteiger partial charge in [-0.05, 0) is 18.4 Å². The van der Waals surface area contributed by atoms with E-state index in [1.54, 1.807) is 0 Å². The molecule has 3 rings (SSSR count). The van der Waals surface area contributed by atoms with Crippen LogP contribution in [0.25, 0.3) is 0 Å². The molecule has 0 saturated heterocycles. The van der Waals surface area contributed by atoms with Crippen LogP contribution < -0.4 is 0 Å². The number of aromatic nitrogens is 2. The Kier molecular flexibility index (Phi) is 3.48. The molecule has 0 atom stereocenters. The fourth-order valence-corrected chi connectivity index (χ4v) is 2.83. The number of benzene rings is 1. The monoisotopic (exact) mass is 290 g/mol. The summed E-state index contributed by atoms with van der Waals surface area (Å²) in [6.45, 7) is 0. The van der Waals surface area contributed by atoms with E-state index in [2.05, 4.69) is 22.3 Å². The second-order valence-electron chi connectivity index (χ2n) is 4.85. The van der Waals surface area contributed by atoms with Gasteiger partial charge in [0.2, 0.25) is 5.89 Å². The van der Waals surface area contributed by atoms with Gasteiger partial charge >= 0.3 is 5.97 Å². The predicted octanol–water partition coefficient (Wildman–Crippen LogP) is 2.47. The van der Waals surface area contributed by atoms with Crippen LogP contribution >= 0.6 is 11.8 Å². The molecule has 0 spiro atoms. The maximum Gasteiger partial charge on any atom is 0.313 e. The number of carboxylic acid groups (broad SMARTS) is 1. The number of carboxylic acids is 1. The third-order valence-corrected chi connectivity index (χ3v) is 4.33. The van der Waals surface area contributed by atoms with Gasteiger partial charge in [-0.15, -0.1) is 11.8 Å². The summed E-state index contributed by atoms with van der Waals surface area (Å²) < 4.78 is 5.22. The lowest BCUT2D eigenvalue weighted by atomic mass is 9.95. The van der Waals surface area contributed by atoms with Crippen LogP contribution in [-0.2, 0) is 16.0 Å². The normalized spacial score (nSPS) is 16.0. The number of hydrogen-bond acceptors (Lipinski definition) is 5. The Morgan fingerprint density at radius 1 is 1.35 bits per heavy atom. The molecule has 1 heterocycles. The highest BCUT2D eigenvalue weighted by Crippen LogP contribution is 2.52. The second kappa shape index (κ2) is 5.28. The van der Waals surface area contributed by atoms with Crippen molar-refractivity contribution in [2.24, 2.45) is 0 Å². The summed E-state index contributed by atoms with van der Waals surface area (Å²) in [5.41, 5.74) is 1.12. The largest absolute Gasteiger partial charge is 0.481 e. The van der Waals surface area contributed by atoms with Gasteiger partial charge in [-0.2, -0.15) is 4.98 Å². The lowest BCUT2D eigenvalue weighted by Gasteiger charge is -2.09. The Hall–Kier alpha value is -1.82. The fourth-order valence-electron chi connectivity index (χ4n) is 2.26. The highest BCUT2D eigenvalue weighted by atomic mass is 32.2. The van der Waals surface area contributed by atoms with Gasteiger partial charge in [0.25, 0.3) is 0 Å². The van der Waals surface area contributed by atoms with E-state index in [9.17, 15) is 4.79 Å². The predicted molar refractivity (Wildman–Crippen MR) is 74.6 cm³/mol. The van der Waals surface area contributed by atoms with E-state index in [4.69, 9.17) is 9.63 Å². The van der Waals surface area contributed by atoms with E-state index >= 15 is 0 Å². The summed E-state index contributed by atoms with van der Waals surface area (Å²) in [5, 5.41) is 12.7. The van der Waals surface area contributed by atoms with Gasteiger partial charge in [0, 0.05) is 0 Å². The molecule has 20 heavy (non-hydrogen) atoms. The molecule has 1 aliphatic rings. The molecule has 1 aromatic carbocycles. The minimum atomic E-state index is -0.835. The van der Waals surface area contributed by atoms with E-state index in [0.717, 1.165) is 18.7 Å². The summed E-state index contributed by atoms with van der Waals surface area (Å²) in [6.07, 6.45) is 2.05. The third-order valence-electron chi connectivity index (χ3n) is 3.42. The third kappa shape index (κ3) is 2.56. The van der Waals surface area contributed by atoms with Gasteiger partial charge in [-0.1, -0.05) is 35.5 Å². The Morgan fingerprint density at radius 2 is 2.10 bits per heavy atom. The van der Waals surface area contributed by atoms with Gasteiger partial charge < -0.3 is 9.63 Å². The van der Waals surface area contributed by atoms with Crippen LogP contribution in [0.15, 0.2) is 34.9 Å². The standard InChI is InChI=1S/C14H14N2O3S/c17-12(18)9-20-8-11-15-13(16-19-11)14(6-7-14)10-4-2-1-3-5-10/h1-5H,6-9H2,(H,17,18). The molecule has 2 aromatic rings. The van der Waals surface area contributed by atoms with Crippen molar-refractivity contribution in [1.82, 2.24) is 10.1 Å². The number of carbonyl (C=O) groups is 1. The summed E-state index contributed by atoms with van der Waals surface area (Å²) in [5.74, 6) is 0.854. The van der Waals surface area contributed by atoms with Crippen molar-refractivity contribution < 1.29 is 14.4 Å². The molecule has 1 saturated carbocycles. The van der Waals surface area contributed by atoms with Gasteiger partial charge in [0.15, 0.2) is 5.82 Å². The van der Waals surface area contributed by atoms with E-state index in [-0.39, 0.29) is 11.2 Å². The molecule has 0 amide bonds.